The molecular formula is C27H40O4. The summed E-state index contributed by atoms with van der Waals surface area (Å²) in [7, 11) is 0. The number of hydrogen-bond acceptors (Lipinski definition) is 4. The normalized spacial score (nSPS) is 41.6. The minimum absolute atomic E-state index is 0.0330. The Hall–Kier alpha value is -1.45. The zero-order chi connectivity index (χ0) is 22.4. The van der Waals surface area contributed by atoms with Crippen LogP contribution in [0.5, 0.6) is 0 Å². The first kappa shape index (κ1) is 22.7. The number of ketones is 2. The Balaban J connectivity index is 1.59. The maximum atomic E-state index is 13.1. The molecule has 31 heavy (non-hydrogen) atoms. The van der Waals surface area contributed by atoms with Gasteiger partial charge in [-0.1, -0.05) is 39.2 Å². The Kier molecular flexibility index (Phi) is 5.98. The van der Waals surface area contributed by atoms with Crippen molar-refractivity contribution in [1.82, 2.24) is 0 Å². The first-order valence-corrected chi connectivity index (χ1v) is 12.6. The Labute approximate surface area is 187 Å². The van der Waals surface area contributed by atoms with Gasteiger partial charge in [0.1, 0.15) is 0 Å². The van der Waals surface area contributed by atoms with Crippen molar-refractivity contribution < 1.29 is 19.1 Å². The van der Waals surface area contributed by atoms with Crippen molar-refractivity contribution in [2.45, 2.75) is 110 Å². The fraction of sp³-hybridized carbons (Fsp3) is 0.815. The lowest BCUT2D eigenvalue weighted by molar-refractivity contribution is -0.189. The van der Waals surface area contributed by atoms with Gasteiger partial charge in [-0.3, -0.25) is 14.4 Å². The SMILES string of the molecule is CCCCCC(=O)O[C@@]1(C(C)=O)CC[C@@H]2[C@H]3CCC4=CC(=O)CC[C@@]4(C)[C@@H]3CCC21C. The van der Waals surface area contributed by atoms with Crippen LogP contribution in [0.2, 0.25) is 0 Å². The second kappa shape index (κ2) is 8.15. The van der Waals surface area contributed by atoms with Crippen LogP contribution in [0.15, 0.2) is 11.6 Å². The molecular weight excluding hydrogens is 388 g/mol. The summed E-state index contributed by atoms with van der Waals surface area (Å²) in [6, 6.07) is 0. The highest BCUT2D eigenvalue weighted by Crippen LogP contribution is 2.68. The van der Waals surface area contributed by atoms with Crippen LogP contribution in [0.25, 0.3) is 0 Å². The Morgan fingerprint density at radius 1 is 1.03 bits per heavy atom. The van der Waals surface area contributed by atoms with Crippen LogP contribution in [0.1, 0.15) is 105 Å². The summed E-state index contributed by atoms with van der Waals surface area (Å²) < 4.78 is 6.16. The van der Waals surface area contributed by atoms with E-state index in [1.807, 2.05) is 6.08 Å². The molecule has 3 saturated carbocycles. The molecule has 4 rings (SSSR count). The van der Waals surface area contributed by atoms with Crippen molar-refractivity contribution in [2.24, 2.45) is 28.6 Å². The number of esters is 1. The van der Waals surface area contributed by atoms with Gasteiger partial charge in [0.05, 0.1) is 0 Å². The topological polar surface area (TPSA) is 60.4 Å². The summed E-state index contributed by atoms with van der Waals surface area (Å²) in [5.74, 6) is 1.66. The first-order chi connectivity index (χ1) is 14.7. The van der Waals surface area contributed by atoms with Crippen LogP contribution in [-0.4, -0.2) is 23.1 Å². The van der Waals surface area contributed by atoms with E-state index in [0.29, 0.717) is 37.0 Å². The molecule has 0 saturated heterocycles. The fourth-order valence-corrected chi connectivity index (χ4v) is 8.14. The first-order valence-electron chi connectivity index (χ1n) is 12.6. The number of rotatable bonds is 6. The van der Waals surface area contributed by atoms with Crippen LogP contribution in [0.3, 0.4) is 0 Å². The van der Waals surface area contributed by atoms with Gasteiger partial charge in [0, 0.05) is 18.3 Å². The standard InChI is InChI=1S/C27H40O4/c1-5-6-7-8-24(30)31-27(18(2)28)16-13-23-21-10-9-19-17-20(29)11-14-25(19,3)22(21)12-15-26(23,27)4/h17,21-23H,5-16H2,1-4H3/t21-,22+,23+,25+,26?,27+/m0/s1. The summed E-state index contributed by atoms with van der Waals surface area (Å²) in [5, 5.41) is 0. The molecule has 6 atom stereocenters. The molecule has 4 aliphatic carbocycles. The van der Waals surface area contributed by atoms with Gasteiger partial charge in [-0.05, 0) is 87.5 Å². The highest BCUT2D eigenvalue weighted by atomic mass is 16.6. The number of carbonyl (C=O) groups excluding carboxylic acids is 3. The van der Waals surface area contributed by atoms with Gasteiger partial charge in [-0.2, -0.15) is 0 Å². The van der Waals surface area contributed by atoms with Crippen molar-refractivity contribution in [1.29, 1.82) is 0 Å². The molecule has 4 aliphatic rings. The Morgan fingerprint density at radius 3 is 2.48 bits per heavy atom. The summed E-state index contributed by atoms with van der Waals surface area (Å²) in [4.78, 5) is 37.8. The molecule has 0 aromatic heterocycles. The van der Waals surface area contributed by atoms with E-state index in [-0.39, 0.29) is 28.4 Å². The quantitative estimate of drug-likeness (QED) is 0.386. The zero-order valence-corrected chi connectivity index (χ0v) is 19.9. The third kappa shape index (κ3) is 3.43. The van der Waals surface area contributed by atoms with E-state index in [0.717, 1.165) is 57.8 Å². The third-order valence-electron chi connectivity index (χ3n) is 9.92. The number of fused-ring (bicyclic) bond motifs is 5. The predicted octanol–water partition coefficient (Wildman–Crippen LogP) is 5.97. The molecule has 0 aromatic rings. The zero-order valence-electron chi connectivity index (χ0n) is 19.9. The molecule has 0 bridgehead atoms. The monoisotopic (exact) mass is 428 g/mol. The van der Waals surface area contributed by atoms with Crippen LogP contribution in [0, 0.1) is 28.6 Å². The number of ether oxygens (including phenoxy) is 1. The second-order valence-electron chi connectivity index (χ2n) is 11.3. The van der Waals surface area contributed by atoms with E-state index in [2.05, 4.69) is 20.8 Å². The maximum Gasteiger partial charge on any atom is 0.306 e. The third-order valence-corrected chi connectivity index (χ3v) is 9.92. The smallest absolute Gasteiger partial charge is 0.306 e. The average Bonchev–Trinajstić information content (AvgIpc) is 3.02. The van der Waals surface area contributed by atoms with E-state index < -0.39 is 5.60 Å². The number of unbranched alkanes of at least 4 members (excludes halogenated alkanes) is 2. The molecule has 0 aliphatic heterocycles. The number of carbonyl (C=O) groups is 3. The predicted molar refractivity (Wildman–Crippen MR) is 120 cm³/mol. The molecule has 4 heteroatoms. The van der Waals surface area contributed by atoms with Crippen molar-refractivity contribution in [3.05, 3.63) is 11.6 Å². The molecule has 0 amide bonds. The minimum atomic E-state index is -0.953. The molecule has 0 N–H and O–H groups in total. The van der Waals surface area contributed by atoms with Crippen molar-refractivity contribution in [3.63, 3.8) is 0 Å². The lowest BCUT2D eigenvalue weighted by atomic mass is 9.46. The van der Waals surface area contributed by atoms with Gasteiger partial charge in [0.2, 0.25) is 0 Å². The van der Waals surface area contributed by atoms with E-state index in [1.54, 1.807) is 6.92 Å². The second-order valence-corrected chi connectivity index (χ2v) is 11.3. The molecule has 4 nitrogen and oxygen atoms in total. The van der Waals surface area contributed by atoms with Gasteiger partial charge in [0.15, 0.2) is 17.2 Å². The van der Waals surface area contributed by atoms with Gasteiger partial charge in [-0.25, -0.2) is 0 Å². The molecule has 0 spiro atoms. The maximum absolute atomic E-state index is 13.1. The average molecular weight is 429 g/mol. The molecule has 1 unspecified atom stereocenters. The van der Waals surface area contributed by atoms with Crippen LogP contribution in [-0.2, 0) is 19.1 Å². The number of Topliss-reactive ketones (excluding diaryl/α,β-unsaturated/α-hetero) is 1. The lowest BCUT2D eigenvalue weighted by Crippen LogP contribution is -2.58. The van der Waals surface area contributed by atoms with E-state index in [9.17, 15) is 14.4 Å². The van der Waals surface area contributed by atoms with Crippen LogP contribution < -0.4 is 0 Å². The van der Waals surface area contributed by atoms with Gasteiger partial charge < -0.3 is 4.74 Å². The molecule has 0 heterocycles. The summed E-state index contributed by atoms with van der Waals surface area (Å²) in [6.07, 6.45) is 12.6. The molecule has 3 fully saturated rings. The highest BCUT2D eigenvalue weighted by molar-refractivity contribution is 5.91. The number of hydrogen-bond donors (Lipinski definition) is 0. The molecule has 0 aromatic carbocycles. The van der Waals surface area contributed by atoms with Crippen LogP contribution in [0.4, 0.5) is 0 Å². The van der Waals surface area contributed by atoms with E-state index >= 15 is 0 Å². The van der Waals surface area contributed by atoms with E-state index in [4.69, 9.17) is 4.74 Å². The number of allylic oxidation sites excluding steroid dienone is 1. The van der Waals surface area contributed by atoms with Crippen LogP contribution >= 0.6 is 0 Å². The molecule has 172 valence electrons. The van der Waals surface area contributed by atoms with Crippen molar-refractivity contribution in [2.75, 3.05) is 0 Å². The fourth-order valence-electron chi connectivity index (χ4n) is 8.14. The summed E-state index contributed by atoms with van der Waals surface area (Å²) >= 11 is 0. The summed E-state index contributed by atoms with van der Waals surface area (Å²) in [5.41, 5.74) is 0.261. The Bertz CT molecular complexity index is 797. The van der Waals surface area contributed by atoms with Gasteiger partial charge in [-0.15, -0.1) is 0 Å². The van der Waals surface area contributed by atoms with E-state index in [1.165, 1.54) is 5.57 Å². The molecule has 0 radical (unpaired) electrons. The Morgan fingerprint density at radius 2 is 1.77 bits per heavy atom. The van der Waals surface area contributed by atoms with Gasteiger partial charge in [0.25, 0.3) is 0 Å². The minimum Gasteiger partial charge on any atom is -0.450 e. The lowest BCUT2D eigenvalue weighted by Gasteiger charge is -2.59. The van der Waals surface area contributed by atoms with Crippen molar-refractivity contribution >= 4 is 17.5 Å². The highest BCUT2D eigenvalue weighted by Gasteiger charge is 2.67. The van der Waals surface area contributed by atoms with Crippen molar-refractivity contribution in [3.8, 4) is 0 Å². The van der Waals surface area contributed by atoms with Gasteiger partial charge >= 0.3 is 5.97 Å². The summed E-state index contributed by atoms with van der Waals surface area (Å²) in [6.45, 7) is 8.37. The largest absolute Gasteiger partial charge is 0.450 e.